The second-order valence-electron chi connectivity index (χ2n) is 4.30. The minimum Gasteiger partial charge on any atom is -0.429 e. The number of carbonyl (C=O) groups is 2. The molecule has 0 aliphatic carbocycles. The molecule has 0 saturated heterocycles. The van der Waals surface area contributed by atoms with Crippen molar-refractivity contribution in [1.82, 2.24) is 9.97 Å². The molecular weight excluding hydrogens is 290 g/mol. The number of nitrogens with one attached hydrogen (secondary N) is 1. The molecule has 0 radical (unpaired) electrons. The first-order chi connectivity index (χ1) is 10.5. The highest BCUT2D eigenvalue weighted by molar-refractivity contribution is 5.83. The Kier molecular flexibility index (Phi) is 4.86. The largest absolute Gasteiger partial charge is 0.516 e. The first kappa shape index (κ1) is 15.2. The number of anilines is 1. The quantitative estimate of drug-likeness (QED) is 0.631. The van der Waals surface area contributed by atoms with E-state index in [4.69, 9.17) is 10.5 Å². The van der Waals surface area contributed by atoms with Crippen LogP contribution in [0.2, 0.25) is 0 Å². The van der Waals surface area contributed by atoms with E-state index >= 15 is 0 Å². The van der Waals surface area contributed by atoms with Crippen LogP contribution in [0.15, 0.2) is 41.3 Å². The molecule has 0 unspecified atom stereocenters. The highest BCUT2D eigenvalue weighted by Gasteiger charge is 2.15. The first-order valence-electron chi connectivity index (χ1n) is 6.29. The lowest BCUT2D eigenvalue weighted by molar-refractivity contribution is -0.139. The van der Waals surface area contributed by atoms with E-state index in [0.717, 1.165) is 11.8 Å². The lowest BCUT2D eigenvalue weighted by atomic mass is 10.2. The molecule has 2 aromatic rings. The summed E-state index contributed by atoms with van der Waals surface area (Å²) in [4.78, 5) is 40.3. The Bertz CT molecular complexity index is 727. The molecule has 8 heteroatoms. The number of hydrogen-bond donors (Lipinski definition) is 2. The van der Waals surface area contributed by atoms with Gasteiger partial charge in [0.05, 0.1) is 6.42 Å². The summed E-state index contributed by atoms with van der Waals surface area (Å²) in [5, 5.41) is 0. The fraction of sp³-hybridized carbons (Fsp3) is 0.143. The molecule has 0 saturated carbocycles. The maximum atomic E-state index is 11.5. The van der Waals surface area contributed by atoms with Crippen molar-refractivity contribution in [3.05, 3.63) is 58.0 Å². The summed E-state index contributed by atoms with van der Waals surface area (Å²) in [6.45, 7) is -0.0169. The number of nitrogen functional groups attached to an aromatic ring is 1. The van der Waals surface area contributed by atoms with E-state index in [0.29, 0.717) is 0 Å². The van der Waals surface area contributed by atoms with Gasteiger partial charge in [-0.2, -0.15) is 0 Å². The molecule has 1 aromatic carbocycles. The molecule has 3 N–H and O–H groups in total. The van der Waals surface area contributed by atoms with Crippen molar-refractivity contribution in [3.8, 4) is 0 Å². The first-order valence-corrected chi connectivity index (χ1v) is 6.29. The van der Waals surface area contributed by atoms with Crippen molar-refractivity contribution in [3.63, 3.8) is 0 Å². The number of rotatable bonds is 4. The number of esters is 1. The Hall–Kier alpha value is -3.16. The van der Waals surface area contributed by atoms with Gasteiger partial charge in [0.2, 0.25) is 0 Å². The number of aromatic amines is 1. The highest BCUT2D eigenvalue weighted by Crippen LogP contribution is 2.02. The Morgan fingerprint density at radius 3 is 2.64 bits per heavy atom. The van der Waals surface area contributed by atoms with E-state index in [-0.39, 0.29) is 18.1 Å². The molecule has 114 valence electrons. The number of H-pyrrole nitrogens is 1. The molecule has 0 amide bonds. The number of benzene rings is 1. The maximum absolute atomic E-state index is 11.5. The zero-order chi connectivity index (χ0) is 15.9. The van der Waals surface area contributed by atoms with E-state index < -0.39 is 24.1 Å². The number of hydrogen-bond acceptors (Lipinski definition) is 7. The molecule has 0 aliphatic rings. The van der Waals surface area contributed by atoms with Crippen LogP contribution in [0.1, 0.15) is 11.1 Å². The van der Waals surface area contributed by atoms with Crippen LogP contribution in [0, 0.1) is 0 Å². The van der Waals surface area contributed by atoms with Crippen LogP contribution in [-0.4, -0.2) is 22.1 Å². The number of nitrogens with zero attached hydrogens (tertiary/aromatic N) is 1. The molecule has 0 aliphatic heterocycles. The maximum Gasteiger partial charge on any atom is 0.516 e. The Labute approximate surface area is 124 Å². The van der Waals surface area contributed by atoms with E-state index in [9.17, 15) is 14.4 Å². The lowest BCUT2D eigenvalue weighted by Crippen LogP contribution is -2.21. The molecule has 0 atom stereocenters. The van der Waals surface area contributed by atoms with Gasteiger partial charge < -0.3 is 15.2 Å². The van der Waals surface area contributed by atoms with Crippen molar-refractivity contribution < 1.29 is 19.1 Å². The summed E-state index contributed by atoms with van der Waals surface area (Å²) >= 11 is 0. The smallest absolute Gasteiger partial charge is 0.429 e. The standard InChI is InChI=1S/C14H13N3O5/c15-13-16-7-10(12(19)17-13)6-11(18)22-14(20)21-8-9-4-2-1-3-5-9/h1-5,7H,6,8H2,(H3,15,16,17,19). The van der Waals surface area contributed by atoms with Gasteiger partial charge in [-0.25, -0.2) is 9.78 Å². The molecule has 1 heterocycles. The molecule has 0 bridgehead atoms. The number of aromatic nitrogens is 2. The van der Waals surface area contributed by atoms with E-state index in [1.54, 1.807) is 24.3 Å². The summed E-state index contributed by atoms with van der Waals surface area (Å²) in [5.74, 6) is -0.987. The van der Waals surface area contributed by atoms with Crippen LogP contribution >= 0.6 is 0 Å². The Balaban J connectivity index is 1.84. The van der Waals surface area contributed by atoms with Crippen LogP contribution in [0.3, 0.4) is 0 Å². The Morgan fingerprint density at radius 2 is 1.95 bits per heavy atom. The third-order valence-electron chi connectivity index (χ3n) is 2.62. The summed E-state index contributed by atoms with van der Waals surface area (Å²) in [5.41, 5.74) is 5.50. The lowest BCUT2D eigenvalue weighted by Gasteiger charge is -2.05. The van der Waals surface area contributed by atoms with Gasteiger partial charge in [0.15, 0.2) is 5.95 Å². The van der Waals surface area contributed by atoms with E-state index in [2.05, 4.69) is 14.7 Å². The summed E-state index contributed by atoms with van der Waals surface area (Å²) in [7, 11) is 0. The van der Waals surface area contributed by atoms with Crippen LogP contribution in [0.25, 0.3) is 0 Å². The zero-order valence-corrected chi connectivity index (χ0v) is 11.4. The predicted octanol–water partition coefficient (Wildman–Crippen LogP) is 0.775. The van der Waals surface area contributed by atoms with Gasteiger partial charge in [0, 0.05) is 11.8 Å². The average molecular weight is 303 g/mol. The average Bonchev–Trinajstić information content (AvgIpc) is 2.49. The van der Waals surface area contributed by atoms with Crippen LogP contribution < -0.4 is 11.3 Å². The number of ether oxygens (including phenoxy) is 2. The number of nitrogens with two attached hydrogens (primary N) is 1. The second kappa shape index (κ2) is 7.02. The van der Waals surface area contributed by atoms with Gasteiger partial charge in [-0.1, -0.05) is 30.3 Å². The second-order valence-corrected chi connectivity index (χ2v) is 4.30. The van der Waals surface area contributed by atoms with Crippen LogP contribution in [-0.2, 0) is 27.3 Å². The fourth-order valence-corrected chi connectivity index (χ4v) is 1.59. The normalized spacial score (nSPS) is 10.0. The Morgan fingerprint density at radius 1 is 1.23 bits per heavy atom. The predicted molar refractivity (Wildman–Crippen MR) is 75.7 cm³/mol. The highest BCUT2D eigenvalue weighted by atomic mass is 16.7. The van der Waals surface area contributed by atoms with E-state index in [1.807, 2.05) is 6.07 Å². The summed E-state index contributed by atoms with van der Waals surface area (Å²) < 4.78 is 9.23. The minimum atomic E-state index is -1.13. The van der Waals surface area contributed by atoms with E-state index in [1.165, 1.54) is 0 Å². The topological polar surface area (TPSA) is 124 Å². The van der Waals surface area contributed by atoms with Crippen LogP contribution in [0.5, 0.6) is 0 Å². The van der Waals surface area contributed by atoms with Crippen molar-refractivity contribution in [1.29, 1.82) is 0 Å². The van der Waals surface area contributed by atoms with Crippen molar-refractivity contribution in [2.45, 2.75) is 13.0 Å². The van der Waals surface area contributed by atoms with Gasteiger partial charge >= 0.3 is 12.1 Å². The van der Waals surface area contributed by atoms with Crippen LogP contribution in [0.4, 0.5) is 10.7 Å². The van der Waals surface area contributed by atoms with Gasteiger partial charge in [0.25, 0.3) is 5.56 Å². The molecule has 0 fully saturated rings. The molecule has 8 nitrogen and oxygen atoms in total. The van der Waals surface area contributed by atoms with Crippen molar-refractivity contribution in [2.24, 2.45) is 0 Å². The van der Waals surface area contributed by atoms with Gasteiger partial charge in [-0.3, -0.25) is 14.6 Å². The molecule has 0 spiro atoms. The molecule has 22 heavy (non-hydrogen) atoms. The van der Waals surface area contributed by atoms with Gasteiger partial charge in [-0.15, -0.1) is 0 Å². The fourth-order valence-electron chi connectivity index (χ4n) is 1.59. The van der Waals surface area contributed by atoms with Gasteiger partial charge in [0.1, 0.15) is 6.61 Å². The minimum absolute atomic E-state index is 0.0169. The SMILES string of the molecule is Nc1ncc(CC(=O)OC(=O)OCc2ccccc2)c(=O)[nH]1. The molecule has 2 rings (SSSR count). The summed E-state index contributed by atoms with van der Waals surface area (Å²) in [6, 6.07) is 8.91. The van der Waals surface area contributed by atoms with Crippen molar-refractivity contribution >= 4 is 18.1 Å². The van der Waals surface area contributed by atoms with Crippen molar-refractivity contribution in [2.75, 3.05) is 5.73 Å². The third-order valence-corrected chi connectivity index (χ3v) is 2.62. The zero-order valence-electron chi connectivity index (χ0n) is 11.4. The molecular formula is C14H13N3O5. The molecule has 1 aromatic heterocycles. The third kappa shape index (κ3) is 4.44. The monoisotopic (exact) mass is 303 g/mol. The number of carbonyl (C=O) groups excluding carboxylic acids is 2. The summed E-state index contributed by atoms with van der Waals surface area (Å²) in [6.07, 6.45) is -0.401. The van der Waals surface area contributed by atoms with Gasteiger partial charge in [-0.05, 0) is 5.56 Å².